The predicted octanol–water partition coefficient (Wildman–Crippen LogP) is 1.92. The highest BCUT2D eigenvalue weighted by atomic mass is 16.6. The normalized spacial score (nSPS) is 11.7. The lowest BCUT2D eigenvalue weighted by molar-refractivity contribution is -0.384. The fourth-order valence-electron chi connectivity index (χ4n) is 2.02. The summed E-state index contributed by atoms with van der Waals surface area (Å²) >= 11 is 0. The van der Waals surface area contributed by atoms with Gasteiger partial charge in [0.2, 0.25) is 0 Å². The summed E-state index contributed by atoms with van der Waals surface area (Å²) in [5, 5.41) is 16.9. The summed E-state index contributed by atoms with van der Waals surface area (Å²) in [6.45, 7) is 1.76. The van der Waals surface area contributed by atoms with E-state index in [0.717, 1.165) is 5.56 Å². The Balaban J connectivity index is 1.90. The highest BCUT2D eigenvalue weighted by Crippen LogP contribution is 2.12. The molecule has 0 aliphatic carbocycles. The molecule has 0 saturated carbocycles. The zero-order valence-corrected chi connectivity index (χ0v) is 13.4. The summed E-state index contributed by atoms with van der Waals surface area (Å²) in [4.78, 5) is 33.7. The third kappa shape index (κ3) is 5.24. The summed E-state index contributed by atoms with van der Waals surface area (Å²) in [5.74, 6) is -1.75. The van der Waals surface area contributed by atoms with Crippen molar-refractivity contribution in [1.82, 2.24) is 10.7 Å². The molecule has 128 valence electrons. The van der Waals surface area contributed by atoms with Crippen LogP contribution in [0.2, 0.25) is 0 Å². The Morgan fingerprint density at radius 3 is 2.52 bits per heavy atom. The lowest BCUT2D eigenvalue weighted by atomic mass is 10.1. The molecule has 8 nitrogen and oxygen atoms in total. The highest BCUT2D eigenvalue weighted by molar-refractivity contribution is 6.35. The number of benzene rings is 2. The molecule has 0 saturated heterocycles. The molecule has 0 heterocycles. The van der Waals surface area contributed by atoms with Gasteiger partial charge in [-0.05, 0) is 12.5 Å². The van der Waals surface area contributed by atoms with Crippen LogP contribution in [0.25, 0.3) is 0 Å². The Labute approximate surface area is 143 Å². The van der Waals surface area contributed by atoms with E-state index >= 15 is 0 Å². The van der Waals surface area contributed by atoms with Crippen LogP contribution in [0.3, 0.4) is 0 Å². The maximum absolute atomic E-state index is 11.8. The highest BCUT2D eigenvalue weighted by Gasteiger charge is 2.16. The van der Waals surface area contributed by atoms with E-state index in [1.165, 1.54) is 24.4 Å². The van der Waals surface area contributed by atoms with Gasteiger partial charge in [-0.2, -0.15) is 5.10 Å². The number of nitrogens with one attached hydrogen (secondary N) is 2. The van der Waals surface area contributed by atoms with E-state index < -0.39 is 16.7 Å². The average molecular weight is 340 g/mol. The van der Waals surface area contributed by atoms with Crippen LogP contribution >= 0.6 is 0 Å². The first-order valence-electron chi connectivity index (χ1n) is 7.40. The van der Waals surface area contributed by atoms with Crippen LogP contribution in [0.4, 0.5) is 5.69 Å². The van der Waals surface area contributed by atoms with Gasteiger partial charge in [0.1, 0.15) is 0 Å². The van der Waals surface area contributed by atoms with E-state index in [-0.39, 0.29) is 11.7 Å². The SMILES string of the molecule is C[C@H](NC(=O)C(=O)N/N=C\c1cccc([N+](=O)[O-])c1)c1ccccc1. The predicted molar refractivity (Wildman–Crippen MR) is 91.8 cm³/mol. The van der Waals surface area contributed by atoms with Crippen LogP contribution in [-0.4, -0.2) is 23.0 Å². The zero-order valence-electron chi connectivity index (χ0n) is 13.4. The standard InChI is InChI=1S/C17H16N4O4/c1-12(14-7-3-2-4-8-14)19-16(22)17(23)20-18-11-13-6-5-9-15(10-13)21(24)25/h2-12H,1H3,(H,19,22)(H,20,23)/b18-11-/t12-/m0/s1. The first-order valence-corrected chi connectivity index (χ1v) is 7.40. The maximum atomic E-state index is 11.8. The second-order valence-electron chi connectivity index (χ2n) is 5.16. The molecule has 0 aromatic heterocycles. The molecule has 25 heavy (non-hydrogen) atoms. The van der Waals surface area contributed by atoms with E-state index in [4.69, 9.17) is 0 Å². The molecule has 0 spiro atoms. The third-order valence-corrected chi connectivity index (χ3v) is 3.31. The Morgan fingerprint density at radius 2 is 1.84 bits per heavy atom. The van der Waals surface area contributed by atoms with Crippen LogP contribution in [0.5, 0.6) is 0 Å². The average Bonchev–Trinajstić information content (AvgIpc) is 2.62. The van der Waals surface area contributed by atoms with Crippen molar-refractivity contribution < 1.29 is 14.5 Å². The molecule has 2 aromatic rings. The summed E-state index contributed by atoms with van der Waals surface area (Å²) in [6, 6.07) is 14.6. The van der Waals surface area contributed by atoms with Gasteiger partial charge in [0.25, 0.3) is 5.69 Å². The number of non-ortho nitro benzene ring substituents is 1. The summed E-state index contributed by atoms with van der Waals surface area (Å²) in [5.41, 5.74) is 3.28. The van der Waals surface area contributed by atoms with Crippen LogP contribution in [0, 0.1) is 10.1 Å². The number of hydrogen-bond acceptors (Lipinski definition) is 5. The zero-order chi connectivity index (χ0) is 18.2. The number of carbonyl (C=O) groups excluding carboxylic acids is 2. The Morgan fingerprint density at radius 1 is 1.12 bits per heavy atom. The molecule has 2 aromatic carbocycles. The van der Waals surface area contributed by atoms with E-state index in [2.05, 4.69) is 15.8 Å². The van der Waals surface area contributed by atoms with Crippen molar-refractivity contribution in [1.29, 1.82) is 0 Å². The molecule has 0 aliphatic rings. The second-order valence-corrected chi connectivity index (χ2v) is 5.16. The Hall–Kier alpha value is -3.55. The molecule has 0 fully saturated rings. The van der Waals surface area contributed by atoms with E-state index in [0.29, 0.717) is 5.56 Å². The smallest absolute Gasteiger partial charge is 0.329 e. The summed E-state index contributed by atoms with van der Waals surface area (Å²) in [6.07, 6.45) is 1.22. The van der Waals surface area contributed by atoms with Crippen LogP contribution < -0.4 is 10.7 Å². The van der Waals surface area contributed by atoms with Crippen LogP contribution in [0.15, 0.2) is 59.7 Å². The van der Waals surface area contributed by atoms with Gasteiger partial charge in [-0.3, -0.25) is 19.7 Å². The van der Waals surface area contributed by atoms with Gasteiger partial charge in [0.15, 0.2) is 0 Å². The number of hydrogen-bond donors (Lipinski definition) is 2. The molecule has 1 atom stereocenters. The van der Waals surface area contributed by atoms with Gasteiger partial charge in [0, 0.05) is 17.7 Å². The van der Waals surface area contributed by atoms with Gasteiger partial charge >= 0.3 is 11.8 Å². The second kappa shape index (κ2) is 8.34. The molecular weight excluding hydrogens is 324 g/mol. The fourth-order valence-corrected chi connectivity index (χ4v) is 2.02. The largest absolute Gasteiger partial charge is 0.341 e. The molecular formula is C17H16N4O4. The van der Waals surface area contributed by atoms with Crippen LogP contribution in [0.1, 0.15) is 24.1 Å². The topological polar surface area (TPSA) is 114 Å². The quantitative estimate of drug-likeness (QED) is 0.374. The fraction of sp³-hybridized carbons (Fsp3) is 0.118. The van der Waals surface area contributed by atoms with Gasteiger partial charge in [-0.15, -0.1) is 0 Å². The number of rotatable bonds is 5. The maximum Gasteiger partial charge on any atom is 0.329 e. The van der Waals surface area contributed by atoms with E-state index in [1.807, 2.05) is 30.3 Å². The molecule has 0 unspecified atom stereocenters. The minimum absolute atomic E-state index is 0.0929. The first-order chi connectivity index (χ1) is 12.0. The molecule has 0 radical (unpaired) electrons. The molecule has 2 amide bonds. The monoisotopic (exact) mass is 340 g/mol. The molecule has 2 N–H and O–H groups in total. The van der Waals surface area contributed by atoms with Gasteiger partial charge in [0.05, 0.1) is 17.2 Å². The number of hydrazone groups is 1. The van der Waals surface area contributed by atoms with Crippen LogP contribution in [-0.2, 0) is 9.59 Å². The van der Waals surface area contributed by atoms with Gasteiger partial charge in [-0.25, -0.2) is 5.43 Å². The van der Waals surface area contributed by atoms with Crippen molar-refractivity contribution >= 4 is 23.7 Å². The molecule has 0 bridgehead atoms. The van der Waals surface area contributed by atoms with Crippen molar-refractivity contribution in [2.75, 3.05) is 0 Å². The van der Waals surface area contributed by atoms with Crippen molar-refractivity contribution in [3.63, 3.8) is 0 Å². The van der Waals surface area contributed by atoms with E-state index in [1.54, 1.807) is 13.0 Å². The summed E-state index contributed by atoms with van der Waals surface area (Å²) < 4.78 is 0. The molecule has 8 heteroatoms. The lowest BCUT2D eigenvalue weighted by Crippen LogP contribution is -2.39. The first kappa shape index (κ1) is 17.8. The Kier molecular flexibility index (Phi) is 5.94. The number of nitrogens with zero attached hydrogens (tertiary/aromatic N) is 2. The number of nitro groups is 1. The van der Waals surface area contributed by atoms with Crippen molar-refractivity contribution in [3.05, 3.63) is 75.8 Å². The number of amides is 2. The molecule has 2 rings (SSSR count). The lowest BCUT2D eigenvalue weighted by Gasteiger charge is -2.13. The Bertz CT molecular complexity index is 805. The third-order valence-electron chi connectivity index (χ3n) is 3.31. The van der Waals surface area contributed by atoms with E-state index in [9.17, 15) is 19.7 Å². The van der Waals surface area contributed by atoms with Crippen molar-refractivity contribution in [2.45, 2.75) is 13.0 Å². The van der Waals surface area contributed by atoms with Gasteiger partial charge in [-0.1, -0.05) is 42.5 Å². The van der Waals surface area contributed by atoms with Crippen molar-refractivity contribution in [2.24, 2.45) is 5.10 Å². The number of nitro benzene ring substituents is 1. The number of carbonyl (C=O) groups is 2. The minimum atomic E-state index is -0.926. The minimum Gasteiger partial charge on any atom is -0.341 e. The molecule has 0 aliphatic heterocycles. The van der Waals surface area contributed by atoms with Gasteiger partial charge < -0.3 is 5.32 Å². The van der Waals surface area contributed by atoms with Crippen molar-refractivity contribution in [3.8, 4) is 0 Å². The summed E-state index contributed by atoms with van der Waals surface area (Å²) in [7, 11) is 0.